The van der Waals surface area contributed by atoms with E-state index in [1.165, 1.54) is 12.8 Å². The first-order valence-corrected chi connectivity index (χ1v) is 9.21. The van der Waals surface area contributed by atoms with E-state index in [0.717, 1.165) is 31.5 Å². The minimum Gasteiger partial charge on any atom is -0.383 e. The van der Waals surface area contributed by atoms with Crippen molar-refractivity contribution in [1.29, 1.82) is 0 Å². The summed E-state index contributed by atoms with van der Waals surface area (Å²) < 4.78 is 29.8. The van der Waals surface area contributed by atoms with Crippen LogP contribution < -0.4 is 0 Å². The largest absolute Gasteiger partial charge is 0.383 e. The van der Waals surface area contributed by atoms with Gasteiger partial charge in [-0.1, -0.05) is 25.7 Å². The second-order valence-corrected chi connectivity index (χ2v) is 7.57. The van der Waals surface area contributed by atoms with Crippen LogP contribution in [0.15, 0.2) is 5.16 Å². The van der Waals surface area contributed by atoms with Gasteiger partial charge < -0.3 is 4.74 Å². The number of methoxy groups -OCH3 is 1. The van der Waals surface area contributed by atoms with Gasteiger partial charge in [0.1, 0.15) is 5.82 Å². The van der Waals surface area contributed by atoms with Gasteiger partial charge >= 0.3 is 0 Å². The van der Waals surface area contributed by atoms with E-state index in [2.05, 4.69) is 10.2 Å². The Kier molecular flexibility index (Phi) is 5.40. The maximum Gasteiger partial charge on any atom is 0.296 e. The number of rotatable bonds is 5. The van der Waals surface area contributed by atoms with Gasteiger partial charge in [0, 0.05) is 30.3 Å². The summed E-state index contributed by atoms with van der Waals surface area (Å²) >= 11 is 0. The molecule has 114 valence electrons. The lowest BCUT2D eigenvalue weighted by Crippen LogP contribution is -2.15. The second kappa shape index (κ2) is 6.87. The Morgan fingerprint density at radius 2 is 1.90 bits per heavy atom. The highest BCUT2D eigenvalue weighted by Gasteiger charge is 2.27. The average molecular weight is 322 g/mol. The van der Waals surface area contributed by atoms with E-state index in [1.54, 1.807) is 11.7 Å². The Bertz CT molecular complexity index is 536. The van der Waals surface area contributed by atoms with Gasteiger partial charge in [0.05, 0.1) is 6.61 Å². The van der Waals surface area contributed by atoms with Crippen LogP contribution in [0.2, 0.25) is 0 Å². The fourth-order valence-corrected chi connectivity index (χ4v) is 3.64. The molecule has 1 aliphatic carbocycles. The summed E-state index contributed by atoms with van der Waals surface area (Å²) in [5.41, 5.74) is 0. The van der Waals surface area contributed by atoms with E-state index in [9.17, 15) is 8.42 Å². The topological polar surface area (TPSA) is 74.1 Å². The smallest absolute Gasteiger partial charge is 0.296 e. The van der Waals surface area contributed by atoms with E-state index < -0.39 is 9.05 Å². The van der Waals surface area contributed by atoms with Crippen molar-refractivity contribution in [3.8, 4) is 0 Å². The first kappa shape index (κ1) is 15.7. The average Bonchev–Trinajstić information content (AvgIpc) is 2.63. The van der Waals surface area contributed by atoms with E-state index in [1.807, 2.05) is 0 Å². The van der Waals surface area contributed by atoms with Crippen LogP contribution in [0.3, 0.4) is 0 Å². The predicted octanol–water partition coefficient (Wildman–Crippen LogP) is 2.29. The molecule has 0 aliphatic heterocycles. The van der Waals surface area contributed by atoms with Gasteiger partial charge in [-0.05, 0) is 12.8 Å². The molecule has 0 spiro atoms. The lowest BCUT2D eigenvalue weighted by Gasteiger charge is -2.15. The third kappa shape index (κ3) is 3.71. The molecule has 0 saturated heterocycles. The number of hydrogen-bond donors (Lipinski definition) is 0. The molecular weight excluding hydrogens is 302 g/mol. The van der Waals surface area contributed by atoms with Gasteiger partial charge in [0.15, 0.2) is 0 Å². The molecule has 0 radical (unpaired) electrons. The number of aromatic nitrogens is 3. The molecule has 2 rings (SSSR count). The highest BCUT2D eigenvalue weighted by Crippen LogP contribution is 2.31. The van der Waals surface area contributed by atoms with Gasteiger partial charge in [-0.15, -0.1) is 10.2 Å². The molecule has 1 aliphatic rings. The molecule has 8 heteroatoms. The fraction of sp³-hybridized carbons (Fsp3) is 0.833. The highest BCUT2D eigenvalue weighted by atomic mass is 35.7. The molecule has 1 heterocycles. The normalized spacial score (nSPS) is 18.1. The molecule has 1 aromatic rings. The van der Waals surface area contributed by atoms with Gasteiger partial charge in [-0.2, -0.15) is 0 Å². The van der Waals surface area contributed by atoms with Crippen molar-refractivity contribution in [3.63, 3.8) is 0 Å². The minimum absolute atomic E-state index is 0.171. The number of ether oxygens (including phenoxy) is 1. The molecule has 1 aromatic heterocycles. The molecule has 1 fully saturated rings. The minimum atomic E-state index is -3.88. The van der Waals surface area contributed by atoms with E-state index in [4.69, 9.17) is 15.4 Å². The van der Waals surface area contributed by atoms with Crippen molar-refractivity contribution >= 4 is 19.7 Å². The molecule has 0 amide bonds. The standard InChI is InChI=1S/C12H20ClN3O3S/c1-19-9-8-16-11(10-6-4-2-3-5-7-10)14-15-12(16)20(13,17)18/h10H,2-9H2,1H3. The van der Waals surface area contributed by atoms with Crippen LogP contribution in [-0.2, 0) is 20.3 Å². The third-order valence-corrected chi connectivity index (χ3v) is 4.86. The first-order chi connectivity index (χ1) is 9.54. The van der Waals surface area contributed by atoms with Crippen molar-refractivity contribution in [2.75, 3.05) is 13.7 Å². The van der Waals surface area contributed by atoms with Crippen molar-refractivity contribution in [3.05, 3.63) is 5.82 Å². The summed E-state index contributed by atoms with van der Waals surface area (Å²) in [4.78, 5) is 0. The van der Waals surface area contributed by atoms with Crippen LogP contribution in [0.5, 0.6) is 0 Å². The first-order valence-electron chi connectivity index (χ1n) is 6.90. The third-order valence-electron chi connectivity index (χ3n) is 3.70. The SMILES string of the molecule is COCCn1c(C2CCCCCC2)nnc1S(=O)(=O)Cl. The molecule has 0 unspecified atom stereocenters. The van der Waals surface area contributed by atoms with Gasteiger partial charge in [-0.25, -0.2) is 8.42 Å². The molecule has 0 N–H and O–H groups in total. The van der Waals surface area contributed by atoms with Crippen LogP contribution in [-0.4, -0.2) is 36.9 Å². The van der Waals surface area contributed by atoms with E-state index >= 15 is 0 Å². The number of hydrogen-bond acceptors (Lipinski definition) is 5. The maximum atomic E-state index is 11.6. The lowest BCUT2D eigenvalue weighted by molar-refractivity contribution is 0.182. The Balaban J connectivity index is 2.33. The molecule has 6 nitrogen and oxygen atoms in total. The predicted molar refractivity (Wildman–Crippen MR) is 75.4 cm³/mol. The van der Waals surface area contributed by atoms with Crippen molar-refractivity contribution in [2.24, 2.45) is 0 Å². The quantitative estimate of drug-likeness (QED) is 0.614. The number of halogens is 1. The summed E-state index contributed by atoms with van der Waals surface area (Å²) in [6.45, 7) is 0.799. The highest BCUT2D eigenvalue weighted by molar-refractivity contribution is 8.13. The van der Waals surface area contributed by atoms with E-state index in [-0.39, 0.29) is 11.1 Å². The van der Waals surface area contributed by atoms with E-state index in [0.29, 0.717) is 13.2 Å². The Hall–Kier alpha value is -0.660. The molecule has 0 bridgehead atoms. The maximum absolute atomic E-state index is 11.6. The molecule has 0 atom stereocenters. The molecular formula is C12H20ClN3O3S. The van der Waals surface area contributed by atoms with Crippen molar-refractivity contribution in [2.45, 2.75) is 56.1 Å². The van der Waals surface area contributed by atoms with Crippen LogP contribution in [0, 0.1) is 0 Å². The van der Waals surface area contributed by atoms with Crippen LogP contribution >= 0.6 is 10.7 Å². The zero-order chi connectivity index (χ0) is 14.6. The monoisotopic (exact) mass is 321 g/mol. The van der Waals surface area contributed by atoms with Crippen LogP contribution in [0.1, 0.15) is 50.3 Å². The van der Waals surface area contributed by atoms with Crippen molar-refractivity contribution in [1.82, 2.24) is 14.8 Å². The zero-order valence-electron chi connectivity index (χ0n) is 11.6. The Morgan fingerprint density at radius 3 is 2.45 bits per heavy atom. The van der Waals surface area contributed by atoms with Gasteiger partial charge in [0.25, 0.3) is 14.2 Å². The molecule has 1 saturated carbocycles. The van der Waals surface area contributed by atoms with Crippen LogP contribution in [0.4, 0.5) is 0 Å². The summed E-state index contributed by atoms with van der Waals surface area (Å²) in [5.74, 6) is 0.984. The molecule has 20 heavy (non-hydrogen) atoms. The lowest BCUT2D eigenvalue weighted by atomic mass is 9.99. The fourth-order valence-electron chi connectivity index (χ4n) is 2.71. The summed E-state index contributed by atoms with van der Waals surface area (Å²) in [6, 6.07) is 0. The van der Waals surface area contributed by atoms with Crippen molar-refractivity contribution < 1.29 is 13.2 Å². The zero-order valence-corrected chi connectivity index (χ0v) is 13.2. The van der Waals surface area contributed by atoms with Gasteiger partial charge in [0.2, 0.25) is 0 Å². The van der Waals surface area contributed by atoms with Gasteiger partial charge in [-0.3, -0.25) is 4.57 Å². The number of nitrogens with zero attached hydrogens (tertiary/aromatic N) is 3. The second-order valence-electron chi connectivity index (χ2n) is 5.11. The molecule has 0 aromatic carbocycles. The van der Waals surface area contributed by atoms with Crippen LogP contribution in [0.25, 0.3) is 0 Å². The summed E-state index contributed by atoms with van der Waals surface area (Å²) in [5, 5.41) is 7.71. The Morgan fingerprint density at radius 1 is 1.25 bits per heavy atom. The summed E-state index contributed by atoms with van der Waals surface area (Å²) in [6.07, 6.45) is 6.78. The Labute approximate surface area is 123 Å². The summed E-state index contributed by atoms with van der Waals surface area (Å²) in [7, 11) is 3.12.